The summed E-state index contributed by atoms with van der Waals surface area (Å²) in [7, 11) is 0. The molecule has 0 fully saturated rings. The first-order chi connectivity index (χ1) is 11.0. The number of fused-ring (bicyclic) bond motifs is 1. The van der Waals surface area contributed by atoms with E-state index in [4.69, 9.17) is 5.11 Å². The van der Waals surface area contributed by atoms with Gasteiger partial charge in [0.2, 0.25) is 0 Å². The van der Waals surface area contributed by atoms with Gasteiger partial charge in [0.05, 0.1) is 5.69 Å². The third kappa shape index (κ3) is 4.69. The Morgan fingerprint density at radius 1 is 1.43 bits per heavy atom. The first kappa shape index (κ1) is 17.3. The van der Waals surface area contributed by atoms with E-state index in [2.05, 4.69) is 15.6 Å². The first-order valence-corrected chi connectivity index (χ1v) is 8.09. The van der Waals surface area contributed by atoms with Crippen LogP contribution in [0.15, 0.2) is 24.5 Å². The van der Waals surface area contributed by atoms with Crippen LogP contribution in [0.1, 0.15) is 31.5 Å². The van der Waals surface area contributed by atoms with Crippen LogP contribution in [0.2, 0.25) is 0 Å². The summed E-state index contributed by atoms with van der Waals surface area (Å²) in [5, 5.41) is 14.8. The van der Waals surface area contributed by atoms with Crippen molar-refractivity contribution in [1.29, 1.82) is 0 Å². The number of pyridine rings is 1. The number of carbonyl (C=O) groups excluding carboxylic acids is 1. The van der Waals surface area contributed by atoms with Crippen molar-refractivity contribution in [1.82, 2.24) is 20.0 Å². The Morgan fingerprint density at radius 2 is 2.22 bits per heavy atom. The van der Waals surface area contributed by atoms with Crippen molar-refractivity contribution in [2.75, 3.05) is 13.2 Å². The molecule has 0 saturated carbocycles. The van der Waals surface area contributed by atoms with Crippen molar-refractivity contribution in [3.8, 4) is 0 Å². The summed E-state index contributed by atoms with van der Waals surface area (Å²) in [6.45, 7) is 6.69. The zero-order valence-corrected chi connectivity index (χ0v) is 14.0. The maximum Gasteiger partial charge on any atom is 0.315 e. The van der Waals surface area contributed by atoms with E-state index in [1.54, 1.807) is 0 Å². The number of aliphatic hydroxyl groups excluding tert-OH is 1. The highest BCUT2D eigenvalue weighted by atomic mass is 16.3. The van der Waals surface area contributed by atoms with Gasteiger partial charge in [-0.25, -0.2) is 9.78 Å². The number of hydrogen-bond donors (Lipinski definition) is 3. The number of aliphatic hydroxyl groups is 1. The SMILES string of the molecule is Cc1cccn2cc(CCNC(=O)NC(CCO)C(C)C)nc12. The number of rotatable bonds is 7. The second kappa shape index (κ2) is 7.97. The third-order valence-corrected chi connectivity index (χ3v) is 3.96. The summed E-state index contributed by atoms with van der Waals surface area (Å²) in [5.41, 5.74) is 3.04. The molecular weight excluding hydrogens is 292 g/mol. The number of amides is 2. The standard InChI is InChI=1S/C17H26N4O2/c1-12(2)15(7-10-22)20-17(23)18-8-6-14-11-21-9-4-5-13(3)16(21)19-14/h4-5,9,11-12,15,22H,6-8,10H2,1-3H3,(H2,18,20,23). The van der Waals surface area contributed by atoms with Crippen LogP contribution in [0, 0.1) is 12.8 Å². The van der Waals surface area contributed by atoms with Crippen molar-refractivity contribution < 1.29 is 9.90 Å². The molecule has 1 atom stereocenters. The molecule has 0 spiro atoms. The van der Waals surface area contributed by atoms with Crippen molar-refractivity contribution in [3.05, 3.63) is 35.8 Å². The zero-order chi connectivity index (χ0) is 16.8. The normalized spacial score (nSPS) is 12.6. The Bertz CT molecular complexity index is 651. The lowest BCUT2D eigenvalue weighted by atomic mass is 10.0. The smallest absolute Gasteiger partial charge is 0.315 e. The van der Waals surface area contributed by atoms with Crippen LogP contribution in [0.4, 0.5) is 4.79 Å². The monoisotopic (exact) mass is 318 g/mol. The van der Waals surface area contributed by atoms with Gasteiger partial charge in [0.25, 0.3) is 0 Å². The van der Waals surface area contributed by atoms with Gasteiger partial charge in [0.1, 0.15) is 5.65 Å². The quantitative estimate of drug-likeness (QED) is 0.729. The van der Waals surface area contributed by atoms with Crippen molar-refractivity contribution in [2.45, 2.75) is 39.7 Å². The van der Waals surface area contributed by atoms with Crippen LogP contribution in [0.25, 0.3) is 5.65 Å². The Balaban J connectivity index is 1.83. The van der Waals surface area contributed by atoms with Crippen LogP contribution in [0.5, 0.6) is 0 Å². The summed E-state index contributed by atoms with van der Waals surface area (Å²) in [6.07, 6.45) is 5.21. The molecule has 6 nitrogen and oxygen atoms in total. The van der Waals surface area contributed by atoms with Gasteiger partial charge in [-0.2, -0.15) is 0 Å². The van der Waals surface area contributed by atoms with Gasteiger partial charge in [-0.05, 0) is 30.9 Å². The average Bonchev–Trinajstić information content (AvgIpc) is 2.91. The second-order valence-corrected chi connectivity index (χ2v) is 6.17. The molecule has 23 heavy (non-hydrogen) atoms. The molecule has 2 rings (SSSR count). The number of aryl methyl sites for hydroxylation is 1. The van der Waals surface area contributed by atoms with Crippen LogP contribution in [0.3, 0.4) is 0 Å². The fraction of sp³-hybridized carbons (Fsp3) is 0.529. The number of aromatic nitrogens is 2. The Labute approximate surface area is 136 Å². The molecule has 0 radical (unpaired) electrons. The Kier molecular flexibility index (Phi) is 5.98. The van der Waals surface area contributed by atoms with E-state index in [1.807, 2.05) is 49.7 Å². The zero-order valence-electron chi connectivity index (χ0n) is 14.0. The van der Waals surface area contributed by atoms with E-state index >= 15 is 0 Å². The molecule has 0 aliphatic heterocycles. The maximum atomic E-state index is 11.9. The topological polar surface area (TPSA) is 78.7 Å². The number of carbonyl (C=O) groups is 1. The van der Waals surface area contributed by atoms with Crippen LogP contribution < -0.4 is 10.6 Å². The molecule has 0 aromatic carbocycles. The highest BCUT2D eigenvalue weighted by Crippen LogP contribution is 2.10. The summed E-state index contributed by atoms with van der Waals surface area (Å²) >= 11 is 0. The molecule has 0 aliphatic rings. The van der Waals surface area contributed by atoms with E-state index in [-0.39, 0.29) is 24.6 Å². The number of imidazole rings is 1. The molecule has 0 aliphatic carbocycles. The highest BCUT2D eigenvalue weighted by Gasteiger charge is 2.15. The van der Waals surface area contributed by atoms with E-state index in [0.29, 0.717) is 19.4 Å². The number of nitrogens with one attached hydrogen (secondary N) is 2. The summed E-state index contributed by atoms with van der Waals surface area (Å²) in [4.78, 5) is 16.5. The lowest BCUT2D eigenvalue weighted by molar-refractivity contribution is 0.219. The lowest BCUT2D eigenvalue weighted by Crippen LogP contribution is -2.45. The average molecular weight is 318 g/mol. The van der Waals surface area contributed by atoms with Crippen LogP contribution in [-0.4, -0.2) is 39.7 Å². The summed E-state index contributed by atoms with van der Waals surface area (Å²) < 4.78 is 2.00. The highest BCUT2D eigenvalue weighted by molar-refractivity contribution is 5.74. The van der Waals surface area contributed by atoms with Gasteiger partial charge in [0, 0.05) is 38.0 Å². The molecule has 2 amide bonds. The largest absolute Gasteiger partial charge is 0.396 e. The minimum absolute atomic E-state index is 0.0159. The summed E-state index contributed by atoms with van der Waals surface area (Å²) in [5.74, 6) is 0.286. The number of urea groups is 1. The van der Waals surface area contributed by atoms with E-state index in [1.165, 1.54) is 0 Å². The molecule has 2 aromatic heterocycles. The second-order valence-electron chi connectivity index (χ2n) is 6.17. The predicted molar refractivity (Wildman–Crippen MR) is 90.5 cm³/mol. The minimum Gasteiger partial charge on any atom is -0.396 e. The first-order valence-electron chi connectivity index (χ1n) is 8.09. The van der Waals surface area contributed by atoms with Crippen molar-refractivity contribution in [2.24, 2.45) is 5.92 Å². The van der Waals surface area contributed by atoms with Gasteiger partial charge in [0.15, 0.2) is 0 Å². The summed E-state index contributed by atoms with van der Waals surface area (Å²) in [6, 6.07) is 3.81. The van der Waals surface area contributed by atoms with E-state index in [0.717, 1.165) is 16.9 Å². The molecule has 1 unspecified atom stereocenters. The molecule has 2 heterocycles. The number of nitrogens with zero attached hydrogens (tertiary/aromatic N) is 2. The predicted octanol–water partition coefficient (Wildman–Crippen LogP) is 1.89. The molecule has 2 aromatic rings. The number of hydrogen-bond acceptors (Lipinski definition) is 3. The van der Waals surface area contributed by atoms with E-state index in [9.17, 15) is 4.79 Å². The Hall–Kier alpha value is -2.08. The minimum atomic E-state index is -0.197. The molecule has 0 saturated heterocycles. The maximum absolute atomic E-state index is 11.9. The van der Waals surface area contributed by atoms with Gasteiger partial charge in [-0.15, -0.1) is 0 Å². The molecule has 126 valence electrons. The van der Waals surface area contributed by atoms with Gasteiger partial charge in [-0.1, -0.05) is 19.9 Å². The fourth-order valence-electron chi connectivity index (χ4n) is 2.56. The van der Waals surface area contributed by atoms with Crippen LogP contribution >= 0.6 is 0 Å². The molecule has 6 heteroatoms. The van der Waals surface area contributed by atoms with E-state index < -0.39 is 0 Å². The third-order valence-electron chi connectivity index (χ3n) is 3.96. The van der Waals surface area contributed by atoms with Gasteiger partial charge >= 0.3 is 6.03 Å². The molecule has 3 N–H and O–H groups in total. The molecule has 0 bridgehead atoms. The lowest BCUT2D eigenvalue weighted by Gasteiger charge is -2.21. The Morgan fingerprint density at radius 3 is 2.87 bits per heavy atom. The van der Waals surface area contributed by atoms with Gasteiger partial charge in [-0.3, -0.25) is 0 Å². The van der Waals surface area contributed by atoms with Crippen molar-refractivity contribution >= 4 is 11.7 Å². The van der Waals surface area contributed by atoms with Crippen LogP contribution in [-0.2, 0) is 6.42 Å². The van der Waals surface area contributed by atoms with Crippen molar-refractivity contribution in [3.63, 3.8) is 0 Å². The molecular formula is C17H26N4O2. The van der Waals surface area contributed by atoms with Gasteiger partial charge < -0.3 is 20.1 Å². The fourth-order valence-corrected chi connectivity index (χ4v) is 2.56.